The zero-order valence-electron chi connectivity index (χ0n) is 11.0. The highest BCUT2D eigenvalue weighted by molar-refractivity contribution is 7.96. The van der Waals surface area contributed by atoms with Gasteiger partial charge in [-0.1, -0.05) is 64.8 Å². The first-order chi connectivity index (χ1) is 7.34. The second kappa shape index (κ2) is 5.24. The lowest BCUT2D eigenvalue weighted by atomic mass is 9.84. The number of hydrogen-bond acceptors (Lipinski definition) is 2. The summed E-state index contributed by atoms with van der Waals surface area (Å²) in [4.78, 5) is 0. The first-order valence-electron chi connectivity index (χ1n) is 5.80. The molecule has 2 N–H and O–H groups in total. The summed E-state index contributed by atoms with van der Waals surface area (Å²) in [6, 6.07) is 6.89. The summed E-state index contributed by atoms with van der Waals surface area (Å²) in [5.41, 5.74) is 4.36. The topological polar surface area (TPSA) is 26.0 Å². The van der Waals surface area contributed by atoms with Gasteiger partial charge in [0, 0.05) is 5.75 Å². The van der Waals surface area contributed by atoms with Gasteiger partial charge in [-0.2, -0.15) is 0 Å². The van der Waals surface area contributed by atoms with Crippen LogP contribution in [0.1, 0.15) is 57.2 Å². The van der Waals surface area contributed by atoms with Crippen LogP contribution in [-0.2, 0) is 11.2 Å². The van der Waals surface area contributed by atoms with Gasteiger partial charge in [0.2, 0.25) is 0 Å². The minimum Gasteiger partial charge on any atom is -0.278 e. The van der Waals surface area contributed by atoms with E-state index in [-0.39, 0.29) is 5.41 Å². The summed E-state index contributed by atoms with van der Waals surface area (Å²) >= 11 is 1.39. The van der Waals surface area contributed by atoms with E-state index in [1.165, 1.54) is 28.6 Å². The smallest absolute Gasteiger partial charge is 0.0328 e. The molecule has 0 aliphatic carbocycles. The highest BCUT2D eigenvalue weighted by Crippen LogP contribution is 2.28. The van der Waals surface area contributed by atoms with Crippen LogP contribution in [0.15, 0.2) is 18.2 Å². The van der Waals surface area contributed by atoms with E-state index in [1.807, 2.05) is 0 Å². The summed E-state index contributed by atoms with van der Waals surface area (Å²) in [5.74, 6) is 1.47. The Bertz CT molecular complexity index is 350. The fourth-order valence-electron chi connectivity index (χ4n) is 1.66. The quantitative estimate of drug-likeness (QED) is 0.797. The van der Waals surface area contributed by atoms with Gasteiger partial charge >= 0.3 is 0 Å². The van der Waals surface area contributed by atoms with Gasteiger partial charge in [-0.15, -0.1) is 0 Å². The summed E-state index contributed by atoms with van der Waals surface area (Å²) < 4.78 is 0. The Morgan fingerprint density at radius 3 is 2.25 bits per heavy atom. The van der Waals surface area contributed by atoms with Crippen molar-refractivity contribution < 1.29 is 0 Å². The first-order valence-corrected chi connectivity index (χ1v) is 6.85. The van der Waals surface area contributed by atoms with Crippen molar-refractivity contribution in [2.75, 3.05) is 0 Å². The standard InChI is InChI=1S/C14H23NS/c1-10(2)12-6-11(9-16-15)7-13(8-12)14(3,4)5/h6-8,10H,9,15H2,1-5H3. The average Bonchev–Trinajstić information content (AvgIpc) is 2.16. The lowest BCUT2D eigenvalue weighted by Crippen LogP contribution is -2.12. The molecule has 1 aromatic rings. The minimum absolute atomic E-state index is 0.207. The van der Waals surface area contributed by atoms with Crippen LogP contribution in [0.5, 0.6) is 0 Å². The third-order valence-electron chi connectivity index (χ3n) is 2.80. The molecule has 0 unspecified atom stereocenters. The monoisotopic (exact) mass is 237 g/mol. The van der Waals surface area contributed by atoms with E-state index in [0.29, 0.717) is 5.92 Å². The second-order valence-electron chi connectivity index (χ2n) is 5.68. The van der Waals surface area contributed by atoms with Crippen molar-refractivity contribution in [1.82, 2.24) is 0 Å². The molecule has 0 amide bonds. The van der Waals surface area contributed by atoms with Crippen molar-refractivity contribution in [2.45, 2.75) is 51.7 Å². The molecule has 1 nitrogen and oxygen atoms in total. The molecule has 0 heterocycles. The third kappa shape index (κ3) is 3.53. The highest BCUT2D eigenvalue weighted by Gasteiger charge is 2.16. The molecule has 0 fully saturated rings. The van der Waals surface area contributed by atoms with Crippen molar-refractivity contribution in [3.8, 4) is 0 Å². The average molecular weight is 237 g/mol. The molecule has 2 heteroatoms. The molecule has 0 radical (unpaired) electrons. The maximum Gasteiger partial charge on any atom is 0.0328 e. The maximum absolute atomic E-state index is 5.56. The van der Waals surface area contributed by atoms with Crippen molar-refractivity contribution >= 4 is 11.9 Å². The molecule has 0 atom stereocenters. The molecule has 0 saturated carbocycles. The molecular weight excluding hydrogens is 214 g/mol. The van der Waals surface area contributed by atoms with E-state index in [2.05, 4.69) is 52.8 Å². The number of rotatable bonds is 3. The Kier molecular flexibility index (Phi) is 4.45. The molecule has 0 bridgehead atoms. The zero-order valence-corrected chi connectivity index (χ0v) is 11.8. The zero-order chi connectivity index (χ0) is 12.3. The highest BCUT2D eigenvalue weighted by atomic mass is 32.2. The largest absolute Gasteiger partial charge is 0.278 e. The molecular formula is C14H23NS. The van der Waals surface area contributed by atoms with Crippen LogP contribution < -0.4 is 5.14 Å². The fourth-order valence-corrected chi connectivity index (χ4v) is 2.02. The molecule has 90 valence electrons. The van der Waals surface area contributed by atoms with E-state index in [1.54, 1.807) is 0 Å². The number of nitrogens with two attached hydrogens (primary N) is 1. The predicted molar refractivity (Wildman–Crippen MR) is 74.7 cm³/mol. The van der Waals surface area contributed by atoms with Crippen molar-refractivity contribution in [3.63, 3.8) is 0 Å². The Balaban J connectivity index is 3.19. The normalized spacial score (nSPS) is 12.2. The number of benzene rings is 1. The maximum atomic E-state index is 5.56. The Labute approximate surface area is 104 Å². The Hall–Kier alpha value is -0.470. The van der Waals surface area contributed by atoms with E-state index in [0.717, 1.165) is 5.75 Å². The van der Waals surface area contributed by atoms with Crippen molar-refractivity contribution in [1.29, 1.82) is 0 Å². The molecule has 0 aliphatic rings. The lowest BCUT2D eigenvalue weighted by Gasteiger charge is -2.22. The van der Waals surface area contributed by atoms with Gasteiger partial charge in [-0.05, 0) is 28.0 Å². The minimum atomic E-state index is 0.207. The molecule has 0 saturated heterocycles. The summed E-state index contributed by atoms with van der Waals surface area (Å²) in [5, 5.41) is 5.56. The van der Waals surface area contributed by atoms with Gasteiger partial charge in [-0.3, -0.25) is 5.14 Å². The predicted octanol–water partition coefficient (Wildman–Crippen LogP) is 4.21. The van der Waals surface area contributed by atoms with Gasteiger partial charge < -0.3 is 0 Å². The van der Waals surface area contributed by atoms with E-state index in [4.69, 9.17) is 5.14 Å². The van der Waals surface area contributed by atoms with Crippen LogP contribution in [0.4, 0.5) is 0 Å². The van der Waals surface area contributed by atoms with Gasteiger partial charge in [-0.25, -0.2) is 0 Å². The summed E-state index contributed by atoms with van der Waals surface area (Å²) in [6.45, 7) is 11.2. The van der Waals surface area contributed by atoms with Crippen LogP contribution in [0.3, 0.4) is 0 Å². The molecule has 0 spiro atoms. The molecule has 1 rings (SSSR count). The molecule has 0 aliphatic heterocycles. The molecule has 16 heavy (non-hydrogen) atoms. The van der Waals surface area contributed by atoms with Gasteiger partial charge in [0.1, 0.15) is 0 Å². The second-order valence-corrected chi connectivity index (χ2v) is 6.30. The summed E-state index contributed by atoms with van der Waals surface area (Å²) in [6.07, 6.45) is 0. The van der Waals surface area contributed by atoms with E-state index >= 15 is 0 Å². The Morgan fingerprint density at radius 2 is 1.81 bits per heavy atom. The molecule has 0 aromatic heterocycles. The Morgan fingerprint density at radius 1 is 1.19 bits per heavy atom. The fraction of sp³-hybridized carbons (Fsp3) is 0.571. The van der Waals surface area contributed by atoms with E-state index in [9.17, 15) is 0 Å². The van der Waals surface area contributed by atoms with Crippen LogP contribution in [0.25, 0.3) is 0 Å². The van der Waals surface area contributed by atoms with Crippen LogP contribution in [0, 0.1) is 0 Å². The molecule has 1 aromatic carbocycles. The summed E-state index contributed by atoms with van der Waals surface area (Å²) in [7, 11) is 0. The SMILES string of the molecule is CC(C)c1cc(CSN)cc(C(C)(C)C)c1. The van der Waals surface area contributed by atoms with Gasteiger partial charge in [0.05, 0.1) is 0 Å². The van der Waals surface area contributed by atoms with Crippen LogP contribution >= 0.6 is 11.9 Å². The van der Waals surface area contributed by atoms with Crippen molar-refractivity contribution in [2.24, 2.45) is 5.14 Å². The number of hydrogen-bond donors (Lipinski definition) is 1. The lowest BCUT2D eigenvalue weighted by molar-refractivity contribution is 0.588. The van der Waals surface area contributed by atoms with E-state index < -0.39 is 0 Å². The van der Waals surface area contributed by atoms with Crippen LogP contribution in [0.2, 0.25) is 0 Å². The van der Waals surface area contributed by atoms with Gasteiger partial charge in [0.25, 0.3) is 0 Å². The van der Waals surface area contributed by atoms with Crippen molar-refractivity contribution in [3.05, 3.63) is 34.9 Å². The first kappa shape index (κ1) is 13.6. The van der Waals surface area contributed by atoms with Gasteiger partial charge in [0.15, 0.2) is 0 Å². The van der Waals surface area contributed by atoms with Crippen LogP contribution in [-0.4, -0.2) is 0 Å². The third-order valence-corrected chi connectivity index (χ3v) is 3.30.